The minimum absolute atomic E-state index is 0.317. The minimum Gasteiger partial charge on any atom is -0.436 e. The summed E-state index contributed by atoms with van der Waals surface area (Å²) < 4.78 is 11.2. The molecule has 166 valence electrons. The lowest BCUT2D eigenvalue weighted by Crippen LogP contribution is -2.08. The quantitative estimate of drug-likeness (QED) is 0.144. The third kappa shape index (κ3) is 4.86. The second-order valence-corrected chi connectivity index (χ2v) is 8.22. The first kappa shape index (κ1) is 21.9. The fraction of sp³-hybridized carbons (Fsp3) is 0. The molecule has 0 N–H and O–H groups in total. The molecule has 0 atom stereocenters. The molecule has 0 radical (unpaired) electrons. The fourth-order valence-electron chi connectivity index (χ4n) is 3.27. The maximum Gasteiger partial charge on any atom is 0.345 e. The molecule has 1 aromatic heterocycles. The van der Waals surface area contributed by atoms with Gasteiger partial charge in [0.1, 0.15) is 11.3 Å². The number of carbonyl (C=O) groups is 1. The number of aliphatic imine (C=N–C) groups is 1. The van der Waals surface area contributed by atoms with Crippen molar-refractivity contribution in [2.75, 3.05) is 0 Å². The van der Waals surface area contributed by atoms with E-state index in [9.17, 15) is 4.79 Å². The minimum atomic E-state index is -0.508. The summed E-state index contributed by atoms with van der Waals surface area (Å²) in [7, 11) is 0. The highest BCUT2D eigenvalue weighted by molar-refractivity contribution is 6.33. The summed E-state index contributed by atoms with van der Waals surface area (Å²) in [4.78, 5) is 21.4. The molecule has 7 heteroatoms. The molecule has 5 rings (SSSR count). The van der Waals surface area contributed by atoms with Crippen LogP contribution in [0.2, 0.25) is 10.0 Å². The molecule has 1 heterocycles. The number of benzene rings is 4. The zero-order chi connectivity index (χ0) is 23.5. The summed E-state index contributed by atoms with van der Waals surface area (Å²) in [5.41, 5.74) is 4.13. The Labute approximate surface area is 205 Å². The molecular weight excluding hydrogens is 471 g/mol. The number of nitrogens with zero attached hydrogens (tertiary/aromatic N) is 2. The van der Waals surface area contributed by atoms with Crippen molar-refractivity contribution in [1.29, 1.82) is 0 Å². The lowest BCUT2D eigenvalue weighted by atomic mass is 10.2. The number of fused-ring (bicyclic) bond motifs is 1. The summed E-state index contributed by atoms with van der Waals surface area (Å²) in [6, 6.07) is 26.7. The van der Waals surface area contributed by atoms with E-state index < -0.39 is 5.97 Å². The first-order chi connectivity index (χ1) is 16.5. The average molecular weight is 487 g/mol. The molecule has 0 spiro atoms. The Hall–Kier alpha value is -3.93. The van der Waals surface area contributed by atoms with Gasteiger partial charge in [-0.15, -0.1) is 0 Å². The Morgan fingerprint density at radius 1 is 0.912 bits per heavy atom. The van der Waals surface area contributed by atoms with E-state index in [1.165, 1.54) is 0 Å². The lowest BCUT2D eigenvalue weighted by Gasteiger charge is -2.05. The molecule has 0 aliphatic heterocycles. The predicted molar refractivity (Wildman–Crippen MR) is 135 cm³/mol. The van der Waals surface area contributed by atoms with Gasteiger partial charge in [-0.2, -0.15) is 0 Å². The third-order valence-corrected chi connectivity index (χ3v) is 5.59. The monoisotopic (exact) mass is 486 g/mol. The van der Waals surface area contributed by atoms with Gasteiger partial charge in [-0.05, 0) is 84.4 Å². The van der Waals surface area contributed by atoms with Crippen LogP contribution in [0.1, 0.15) is 15.9 Å². The van der Waals surface area contributed by atoms with Crippen LogP contribution >= 0.6 is 23.2 Å². The second kappa shape index (κ2) is 9.51. The van der Waals surface area contributed by atoms with Gasteiger partial charge in [-0.25, -0.2) is 9.78 Å². The fourth-order valence-corrected chi connectivity index (χ4v) is 3.61. The number of hydrogen-bond acceptors (Lipinski definition) is 5. The maximum atomic E-state index is 12.3. The number of halogens is 2. The molecule has 5 nitrogen and oxygen atoms in total. The van der Waals surface area contributed by atoms with Crippen LogP contribution in [-0.2, 0) is 0 Å². The summed E-state index contributed by atoms with van der Waals surface area (Å²) >= 11 is 12.0. The van der Waals surface area contributed by atoms with Crippen LogP contribution in [0.4, 0.5) is 5.69 Å². The zero-order valence-corrected chi connectivity index (χ0v) is 19.1. The van der Waals surface area contributed by atoms with Gasteiger partial charge < -0.3 is 9.15 Å². The van der Waals surface area contributed by atoms with Crippen LogP contribution in [-0.4, -0.2) is 17.2 Å². The summed E-state index contributed by atoms with van der Waals surface area (Å²) in [5.74, 6) is 0.432. The number of carbonyl (C=O) groups excluding carboxylic acids is 1. The third-order valence-electron chi connectivity index (χ3n) is 5.01. The van der Waals surface area contributed by atoms with E-state index in [0.717, 1.165) is 16.8 Å². The molecule has 5 aromatic rings. The topological polar surface area (TPSA) is 64.7 Å². The largest absolute Gasteiger partial charge is 0.436 e. The molecular formula is C27H16Cl2N2O3. The van der Waals surface area contributed by atoms with Gasteiger partial charge in [0.25, 0.3) is 0 Å². The first-order valence-corrected chi connectivity index (χ1v) is 11.1. The smallest absolute Gasteiger partial charge is 0.345 e. The molecule has 0 aliphatic rings. The lowest BCUT2D eigenvalue weighted by molar-refractivity contribution is 0.0735. The number of oxazole rings is 1. The van der Waals surface area contributed by atoms with Crippen molar-refractivity contribution in [1.82, 2.24) is 4.98 Å². The molecule has 34 heavy (non-hydrogen) atoms. The molecule has 0 bridgehead atoms. The predicted octanol–water partition coefficient (Wildman–Crippen LogP) is 7.77. The average Bonchev–Trinajstić information content (AvgIpc) is 3.28. The number of rotatable bonds is 5. The molecule has 0 fully saturated rings. The van der Waals surface area contributed by atoms with Gasteiger partial charge in [0.2, 0.25) is 5.89 Å². The van der Waals surface area contributed by atoms with E-state index in [2.05, 4.69) is 9.98 Å². The molecule has 0 unspecified atom stereocenters. The Morgan fingerprint density at radius 2 is 1.68 bits per heavy atom. The second-order valence-electron chi connectivity index (χ2n) is 7.37. The van der Waals surface area contributed by atoms with E-state index in [4.69, 9.17) is 32.4 Å². The first-order valence-electron chi connectivity index (χ1n) is 10.3. The maximum absolute atomic E-state index is 12.3. The normalized spacial score (nSPS) is 11.2. The molecule has 0 saturated heterocycles. The van der Waals surface area contributed by atoms with Gasteiger partial charge in [0.15, 0.2) is 5.58 Å². The van der Waals surface area contributed by atoms with E-state index in [-0.39, 0.29) is 0 Å². The van der Waals surface area contributed by atoms with E-state index >= 15 is 0 Å². The highest BCUT2D eigenvalue weighted by Gasteiger charge is 2.12. The van der Waals surface area contributed by atoms with Crippen molar-refractivity contribution in [3.8, 4) is 17.2 Å². The van der Waals surface area contributed by atoms with E-state index in [1.54, 1.807) is 54.7 Å². The van der Waals surface area contributed by atoms with E-state index in [0.29, 0.717) is 38.3 Å². The van der Waals surface area contributed by atoms with Crippen molar-refractivity contribution < 1.29 is 13.9 Å². The van der Waals surface area contributed by atoms with Crippen LogP contribution in [0.15, 0.2) is 100 Å². The molecule has 0 saturated carbocycles. The van der Waals surface area contributed by atoms with Crippen LogP contribution < -0.4 is 4.74 Å². The molecule has 0 amide bonds. The Balaban J connectivity index is 1.29. The Bertz CT molecular complexity index is 1510. The Morgan fingerprint density at radius 3 is 2.44 bits per heavy atom. The van der Waals surface area contributed by atoms with Crippen LogP contribution in [0.25, 0.3) is 22.6 Å². The van der Waals surface area contributed by atoms with E-state index in [1.807, 2.05) is 42.5 Å². The summed E-state index contributed by atoms with van der Waals surface area (Å²) in [6.45, 7) is 0. The van der Waals surface area contributed by atoms with Crippen molar-refractivity contribution in [3.63, 3.8) is 0 Å². The van der Waals surface area contributed by atoms with Gasteiger partial charge in [0, 0.05) is 16.8 Å². The van der Waals surface area contributed by atoms with Crippen LogP contribution in [0, 0.1) is 0 Å². The van der Waals surface area contributed by atoms with Crippen molar-refractivity contribution in [2.45, 2.75) is 0 Å². The molecule has 0 aliphatic carbocycles. The highest BCUT2D eigenvalue weighted by Crippen LogP contribution is 2.28. The van der Waals surface area contributed by atoms with Crippen molar-refractivity contribution in [2.24, 2.45) is 4.99 Å². The summed E-state index contributed by atoms with van der Waals surface area (Å²) in [6.07, 6.45) is 1.72. The number of hydrogen-bond donors (Lipinski definition) is 0. The number of ether oxygens (including phenoxy) is 1. The Kier molecular flexibility index (Phi) is 6.12. The van der Waals surface area contributed by atoms with Crippen LogP contribution in [0.3, 0.4) is 0 Å². The van der Waals surface area contributed by atoms with Crippen molar-refractivity contribution >= 4 is 52.2 Å². The number of aromatic nitrogens is 1. The summed E-state index contributed by atoms with van der Waals surface area (Å²) in [5, 5.41) is 1.00. The van der Waals surface area contributed by atoms with Gasteiger partial charge >= 0.3 is 5.97 Å². The van der Waals surface area contributed by atoms with Gasteiger partial charge in [-0.1, -0.05) is 35.3 Å². The van der Waals surface area contributed by atoms with Gasteiger partial charge in [0.05, 0.1) is 16.3 Å². The SMILES string of the molecule is O=C(Oc1ccc(C=Nc2ccc3oc(-c4ccc(Cl)cc4)nc3c2)cc1)c1ccccc1Cl. The highest BCUT2D eigenvalue weighted by atomic mass is 35.5. The zero-order valence-electron chi connectivity index (χ0n) is 17.6. The van der Waals surface area contributed by atoms with Crippen LogP contribution in [0.5, 0.6) is 5.75 Å². The van der Waals surface area contributed by atoms with Crippen molar-refractivity contribution in [3.05, 3.63) is 112 Å². The van der Waals surface area contributed by atoms with Gasteiger partial charge in [-0.3, -0.25) is 4.99 Å². The standard InChI is InChI=1S/C27H16Cl2N2O3/c28-19-9-7-18(8-10-19)26-31-24-15-20(11-14-25(24)34-26)30-16-17-5-12-21(13-6-17)33-27(32)22-3-1-2-4-23(22)29/h1-16H. The molecule has 4 aromatic carbocycles. The number of esters is 1.